The zero-order valence-corrected chi connectivity index (χ0v) is 20.2. The van der Waals surface area contributed by atoms with E-state index in [1.807, 2.05) is 0 Å². The SMILES string of the molecule is CCC[C@H]1CC[C@H](C2CCC(c3ccc([C@H]4CC[C@H](CCCF)CC4)cc3)CC2)CC1. The molecule has 31 heavy (non-hydrogen) atoms. The van der Waals surface area contributed by atoms with Crippen LogP contribution in [-0.4, -0.2) is 6.67 Å². The molecule has 0 saturated heterocycles. The molecular weight excluding hydrogens is 379 g/mol. The molecule has 0 heterocycles. The van der Waals surface area contributed by atoms with Gasteiger partial charge in [0.15, 0.2) is 0 Å². The number of hydrogen-bond acceptors (Lipinski definition) is 0. The molecule has 0 amide bonds. The van der Waals surface area contributed by atoms with E-state index in [0.717, 1.165) is 48.3 Å². The largest absolute Gasteiger partial charge is 0.251 e. The molecule has 0 radical (unpaired) electrons. The van der Waals surface area contributed by atoms with Crippen molar-refractivity contribution in [2.75, 3.05) is 6.67 Å². The molecule has 0 aliphatic heterocycles. The van der Waals surface area contributed by atoms with Crippen LogP contribution in [0, 0.1) is 23.7 Å². The van der Waals surface area contributed by atoms with Crippen molar-refractivity contribution < 1.29 is 4.39 Å². The molecule has 0 N–H and O–H groups in total. The van der Waals surface area contributed by atoms with Crippen molar-refractivity contribution >= 4 is 0 Å². The van der Waals surface area contributed by atoms with E-state index < -0.39 is 0 Å². The van der Waals surface area contributed by atoms with Gasteiger partial charge in [0, 0.05) is 0 Å². The van der Waals surface area contributed by atoms with Gasteiger partial charge < -0.3 is 0 Å². The Balaban J connectivity index is 1.21. The van der Waals surface area contributed by atoms with Crippen molar-refractivity contribution in [1.82, 2.24) is 0 Å². The van der Waals surface area contributed by atoms with Gasteiger partial charge in [-0.05, 0) is 124 Å². The third kappa shape index (κ3) is 6.35. The Morgan fingerprint density at radius 1 is 0.613 bits per heavy atom. The predicted octanol–water partition coefficient (Wildman–Crippen LogP) is 9.59. The lowest BCUT2D eigenvalue weighted by Gasteiger charge is -2.38. The fourth-order valence-corrected chi connectivity index (χ4v) is 7.47. The van der Waals surface area contributed by atoms with Crippen LogP contribution in [0.4, 0.5) is 4.39 Å². The number of hydrogen-bond donors (Lipinski definition) is 0. The van der Waals surface area contributed by atoms with Gasteiger partial charge in [0.05, 0.1) is 6.67 Å². The highest BCUT2D eigenvalue weighted by Crippen LogP contribution is 2.45. The minimum absolute atomic E-state index is 0.136. The van der Waals surface area contributed by atoms with Crippen LogP contribution in [-0.2, 0) is 0 Å². The van der Waals surface area contributed by atoms with Crippen LogP contribution >= 0.6 is 0 Å². The number of benzene rings is 1. The van der Waals surface area contributed by atoms with E-state index in [4.69, 9.17) is 0 Å². The Hall–Kier alpha value is -0.850. The van der Waals surface area contributed by atoms with Crippen LogP contribution in [0.1, 0.15) is 133 Å². The summed E-state index contributed by atoms with van der Waals surface area (Å²) in [6.45, 7) is 2.21. The fraction of sp³-hybridized carbons (Fsp3) is 0.800. The van der Waals surface area contributed by atoms with Crippen LogP contribution in [0.3, 0.4) is 0 Å². The number of alkyl halides is 1. The molecular formula is C30H47F. The minimum Gasteiger partial charge on any atom is -0.251 e. The van der Waals surface area contributed by atoms with Crippen LogP contribution in [0.25, 0.3) is 0 Å². The topological polar surface area (TPSA) is 0 Å². The Bertz CT molecular complexity index is 610. The fourth-order valence-electron chi connectivity index (χ4n) is 7.47. The van der Waals surface area contributed by atoms with Crippen molar-refractivity contribution in [3.8, 4) is 0 Å². The van der Waals surface area contributed by atoms with E-state index in [-0.39, 0.29) is 6.67 Å². The average molecular weight is 427 g/mol. The maximum atomic E-state index is 12.4. The average Bonchev–Trinajstić information content (AvgIpc) is 2.84. The van der Waals surface area contributed by atoms with Gasteiger partial charge in [-0.15, -0.1) is 0 Å². The van der Waals surface area contributed by atoms with Crippen molar-refractivity contribution in [2.45, 2.75) is 121 Å². The van der Waals surface area contributed by atoms with Gasteiger partial charge in [0.2, 0.25) is 0 Å². The Morgan fingerprint density at radius 2 is 1.03 bits per heavy atom. The van der Waals surface area contributed by atoms with E-state index in [1.54, 1.807) is 11.1 Å². The summed E-state index contributed by atoms with van der Waals surface area (Å²) in [7, 11) is 0. The summed E-state index contributed by atoms with van der Waals surface area (Å²) in [6.07, 6.45) is 21.8. The zero-order valence-electron chi connectivity index (χ0n) is 20.2. The Morgan fingerprint density at radius 3 is 1.52 bits per heavy atom. The summed E-state index contributed by atoms with van der Waals surface area (Å²) in [5, 5.41) is 0. The van der Waals surface area contributed by atoms with Crippen LogP contribution in [0.2, 0.25) is 0 Å². The maximum absolute atomic E-state index is 12.4. The molecule has 174 valence electrons. The summed E-state index contributed by atoms with van der Waals surface area (Å²) in [4.78, 5) is 0. The second kappa shape index (κ2) is 11.9. The van der Waals surface area contributed by atoms with Crippen LogP contribution < -0.4 is 0 Å². The molecule has 3 fully saturated rings. The third-order valence-corrected chi connectivity index (χ3v) is 9.50. The highest BCUT2D eigenvalue weighted by molar-refractivity contribution is 5.28. The summed E-state index contributed by atoms with van der Waals surface area (Å²) in [5.41, 5.74) is 3.16. The summed E-state index contributed by atoms with van der Waals surface area (Å²) in [6, 6.07) is 9.82. The van der Waals surface area contributed by atoms with Crippen molar-refractivity contribution in [3.05, 3.63) is 35.4 Å². The van der Waals surface area contributed by atoms with Gasteiger partial charge in [-0.25, -0.2) is 0 Å². The van der Waals surface area contributed by atoms with E-state index in [1.165, 1.54) is 89.9 Å². The lowest BCUT2D eigenvalue weighted by molar-refractivity contribution is 0.156. The monoisotopic (exact) mass is 426 g/mol. The van der Waals surface area contributed by atoms with E-state index in [9.17, 15) is 4.39 Å². The molecule has 0 bridgehead atoms. The van der Waals surface area contributed by atoms with Crippen LogP contribution in [0.5, 0.6) is 0 Å². The standard InChI is InChI=1S/C30H47F/c1-2-4-23-6-10-25(11-7-23)27-14-18-29(19-15-27)30-20-16-28(17-21-30)26-12-8-24(9-13-26)5-3-22-31/h16-17,20-21,23-27,29H,2-15,18-19,22H2,1H3/t23-,24-,25-,26-,27?,29?. The molecule has 0 unspecified atom stereocenters. The lowest BCUT2D eigenvalue weighted by Crippen LogP contribution is -2.25. The molecule has 3 saturated carbocycles. The number of halogens is 1. The first-order valence-corrected chi connectivity index (χ1v) is 13.9. The van der Waals surface area contributed by atoms with Gasteiger partial charge in [-0.3, -0.25) is 4.39 Å². The van der Waals surface area contributed by atoms with E-state index >= 15 is 0 Å². The van der Waals surface area contributed by atoms with E-state index in [2.05, 4.69) is 31.2 Å². The second-order valence-corrected chi connectivity index (χ2v) is 11.4. The molecule has 0 aromatic heterocycles. The summed E-state index contributed by atoms with van der Waals surface area (Å²) in [5.74, 6) is 5.43. The highest BCUT2D eigenvalue weighted by atomic mass is 19.1. The molecule has 4 rings (SSSR count). The van der Waals surface area contributed by atoms with Gasteiger partial charge in [-0.2, -0.15) is 0 Å². The Labute approximate surface area is 191 Å². The first-order valence-electron chi connectivity index (χ1n) is 13.9. The van der Waals surface area contributed by atoms with Gasteiger partial charge in [-0.1, -0.05) is 56.9 Å². The van der Waals surface area contributed by atoms with E-state index in [0.29, 0.717) is 0 Å². The molecule has 1 aromatic rings. The smallest absolute Gasteiger partial charge is 0.0894 e. The Kier molecular flexibility index (Phi) is 8.91. The molecule has 3 aliphatic carbocycles. The van der Waals surface area contributed by atoms with Crippen molar-refractivity contribution in [2.24, 2.45) is 23.7 Å². The zero-order chi connectivity index (χ0) is 21.5. The predicted molar refractivity (Wildman–Crippen MR) is 131 cm³/mol. The van der Waals surface area contributed by atoms with Gasteiger partial charge in [0.25, 0.3) is 0 Å². The minimum atomic E-state index is -0.136. The van der Waals surface area contributed by atoms with Crippen LogP contribution in [0.15, 0.2) is 24.3 Å². The third-order valence-electron chi connectivity index (χ3n) is 9.50. The highest BCUT2D eigenvalue weighted by Gasteiger charge is 2.31. The first kappa shape index (κ1) is 23.3. The molecule has 3 aliphatic rings. The molecule has 1 heteroatoms. The lowest BCUT2D eigenvalue weighted by atomic mass is 9.68. The first-order chi connectivity index (χ1) is 15.3. The normalized spacial score (nSPS) is 34.5. The molecule has 1 aromatic carbocycles. The summed E-state index contributed by atoms with van der Waals surface area (Å²) < 4.78 is 12.4. The van der Waals surface area contributed by atoms with Crippen molar-refractivity contribution in [3.63, 3.8) is 0 Å². The molecule has 0 nitrogen and oxygen atoms in total. The quantitative estimate of drug-likeness (QED) is 0.388. The van der Waals surface area contributed by atoms with Crippen molar-refractivity contribution in [1.29, 1.82) is 0 Å². The molecule has 0 atom stereocenters. The number of rotatable bonds is 8. The molecule has 0 spiro atoms. The second-order valence-electron chi connectivity index (χ2n) is 11.4. The summed E-state index contributed by atoms with van der Waals surface area (Å²) >= 11 is 0. The van der Waals surface area contributed by atoms with Gasteiger partial charge >= 0.3 is 0 Å². The maximum Gasteiger partial charge on any atom is 0.0894 e. The van der Waals surface area contributed by atoms with Gasteiger partial charge in [0.1, 0.15) is 0 Å².